The van der Waals surface area contributed by atoms with Crippen LogP contribution in [0.5, 0.6) is 0 Å². The number of nitrogens with zero attached hydrogens (tertiary/aromatic N) is 1. The van der Waals surface area contributed by atoms with Gasteiger partial charge in [-0.1, -0.05) is 12.1 Å². The SMILES string of the molecule is CC1Sc2ccc(C(=O)Nc3ccccc3N3CCOCC3)cc2NC1=O. The Morgan fingerprint density at radius 1 is 1.22 bits per heavy atom. The first kappa shape index (κ1) is 17.9. The van der Waals surface area contributed by atoms with Crippen molar-refractivity contribution in [2.75, 3.05) is 41.8 Å². The summed E-state index contributed by atoms with van der Waals surface area (Å²) in [7, 11) is 0. The van der Waals surface area contributed by atoms with Crippen molar-refractivity contribution in [3.8, 4) is 0 Å². The number of fused-ring (bicyclic) bond motifs is 1. The van der Waals surface area contributed by atoms with Gasteiger partial charge in [-0.15, -0.1) is 11.8 Å². The molecule has 0 bridgehead atoms. The molecule has 0 aliphatic carbocycles. The highest BCUT2D eigenvalue weighted by molar-refractivity contribution is 8.00. The average Bonchev–Trinajstić information content (AvgIpc) is 2.69. The highest BCUT2D eigenvalue weighted by Crippen LogP contribution is 2.36. The van der Waals surface area contributed by atoms with Crippen LogP contribution in [0.25, 0.3) is 0 Å². The molecule has 2 aliphatic rings. The summed E-state index contributed by atoms with van der Waals surface area (Å²) in [6.07, 6.45) is 0. The van der Waals surface area contributed by atoms with Crippen LogP contribution in [0.4, 0.5) is 17.1 Å². The molecule has 1 fully saturated rings. The predicted molar refractivity (Wildman–Crippen MR) is 108 cm³/mol. The molecule has 0 aromatic heterocycles. The molecule has 0 radical (unpaired) electrons. The second kappa shape index (κ2) is 7.62. The van der Waals surface area contributed by atoms with Crippen molar-refractivity contribution in [2.45, 2.75) is 17.1 Å². The zero-order valence-electron chi connectivity index (χ0n) is 15.0. The van der Waals surface area contributed by atoms with E-state index in [9.17, 15) is 9.59 Å². The molecule has 2 N–H and O–H groups in total. The van der Waals surface area contributed by atoms with Crippen LogP contribution < -0.4 is 15.5 Å². The fraction of sp³-hybridized carbons (Fsp3) is 0.300. The number of hydrogen-bond acceptors (Lipinski definition) is 5. The maximum Gasteiger partial charge on any atom is 0.255 e. The van der Waals surface area contributed by atoms with Gasteiger partial charge in [0.25, 0.3) is 5.91 Å². The van der Waals surface area contributed by atoms with E-state index in [0.29, 0.717) is 24.5 Å². The molecule has 2 aromatic rings. The van der Waals surface area contributed by atoms with E-state index in [1.807, 2.05) is 37.3 Å². The molecule has 27 heavy (non-hydrogen) atoms. The number of ether oxygens (including phenoxy) is 1. The Balaban J connectivity index is 1.55. The summed E-state index contributed by atoms with van der Waals surface area (Å²) in [6.45, 7) is 4.83. The van der Waals surface area contributed by atoms with Crippen LogP contribution in [0.2, 0.25) is 0 Å². The number of nitrogens with one attached hydrogen (secondary N) is 2. The first-order chi connectivity index (χ1) is 13.1. The van der Waals surface area contributed by atoms with E-state index < -0.39 is 0 Å². The first-order valence-corrected chi connectivity index (χ1v) is 9.84. The van der Waals surface area contributed by atoms with Crippen LogP contribution in [-0.2, 0) is 9.53 Å². The molecule has 2 aliphatic heterocycles. The van der Waals surface area contributed by atoms with Gasteiger partial charge in [0.05, 0.1) is 35.5 Å². The number of thioether (sulfide) groups is 1. The minimum atomic E-state index is -0.198. The highest BCUT2D eigenvalue weighted by atomic mass is 32.2. The molecule has 1 saturated heterocycles. The van der Waals surface area contributed by atoms with E-state index in [2.05, 4.69) is 15.5 Å². The summed E-state index contributed by atoms with van der Waals surface area (Å²) in [5.74, 6) is -0.237. The Morgan fingerprint density at radius 2 is 2.00 bits per heavy atom. The van der Waals surface area contributed by atoms with Gasteiger partial charge in [-0.25, -0.2) is 0 Å². The molecule has 0 spiro atoms. The Bertz CT molecular complexity index is 881. The lowest BCUT2D eigenvalue weighted by Crippen LogP contribution is -2.36. The molecule has 6 nitrogen and oxygen atoms in total. The number of morpholine rings is 1. The van der Waals surface area contributed by atoms with Crippen LogP contribution in [0.3, 0.4) is 0 Å². The Kier molecular flexibility index (Phi) is 5.05. The minimum Gasteiger partial charge on any atom is -0.378 e. The van der Waals surface area contributed by atoms with Crippen molar-refractivity contribution in [3.63, 3.8) is 0 Å². The van der Waals surface area contributed by atoms with Gasteiger partial charge in [-0.05, 0) is 37.3 Å². The van der Waals surface area contributed by atoms with Crippen LogP contribution in [-0.4, -0.2) is 43.4 Å². The smallest absolute Gasteiger partial charge is 0.255 e. The van der Waals surface area contributed by atoms with Gasteiger partial charge in [0, 0.05) is 23.5 Å². The van der Waals surface area contributed by atoms with Crippen LogP contribution in [0.15, 0.2) is 47.4 Å². The largest absolute Gasteiger partial charge is 0.378 e. The zero-order valence-corrected chi connectivity index (χ0v) is 15.8. The van der Waals surface area contributed by atoms with Gasteiger partial charge in [0.1, 0.15) is 0 Å². The number of rotatable bonds is 3. The Morgan fingerprint density at radius 3 is 2.81 bits per heavy atom. The lowest BCUT2D eigenvalue weighted by molar-refractivity contribution is -0.115. The zero-order chi connectivity index (χ0) is 18.8. The summed E-state index contributed by atoms with van der Waals surface area (Å²) in [6, 6.07) is 13.2. The fourth-order valence-corrected chi connectivity index (χ4v) is 4.13. The summed E-state index contributed by atoms with van der Waals surface area (Å²) < 4.78 is 5.42. The van der Waals surface area contributed by atoms with Crippen molar-refractivity contribution < 1.29 is 14.3 Å². The number of amides is 2. The summed E-state index contributed by atoms with van der Waals surface area (Å²) >= 11 is 1.50. The van der Waals surface area contributed by atoms with E-state index in [4.69, 9.17) is 4.74 Å². The quantitative estimate of drug-likeness (QED) is 0.852. The van der Waals surface area contributed by atoms with Crippen LogP contribution >= 0.6 is 11.8 Å². The van der Waals surface area contributed by atoms with Gasteiger partial charge in [-0.2, -0.15) is 0 Å². The molecular weight excluding hydrogens is 362 g/mol. The maximum atomic E-state index is 12.8. The topological polar surface area (TPSA) is 70.7 Å². The molecular formula is C20H21N3O3S. The van der Waals surface area contributed by atoms with E-state index in [0.717, 1.165) is 29.4 Å². The second-order valence-corrected chi connectivity index (χ2v) is 7.91. The van der Waals surface area contributed by atoms with Crippen LogP contribution in [0, 0.1) is 0 Å². The normalized spacial score (nSPS) is 19.2. The number of anilines is 3. The third-order valence-electron chi connectivity index (χ3n) is 4.68. The lowest BCUT2D eigenvalue weighted by atomic mass is 10.1. The maximum absolute atomic E-state index is 12.8. The highest BCUT2D eigenvalue weighted by Gasteiger charge is 2.24. The van der Waals surface area contributed by atoms with Crippen LogP contribution in [0.1, 0.15) is 17.3 Å². The Labute approximate surface area is 162 Å². The fourth-order valence-electron chi connectivity index (χ4n) is 3.20. The summed E-state index contributed by atoms with van der Waals surface area (Å²) in [5.41, 5.74) is 2.97. The predicted octanol–water partition coefficient (Wildman–Crippen LogP) is 3.21. The van der Waals surface area contributed by atoms with Gasteiger partial charge < -0.3 is 20.3 Å². The molecule has 1 atom stereocenters. The molecule has 1 unspecified atom stereocenters. The number of carbonyl (C=O) groups is 2. The third kappa shape index (κ3) is 3.79. The van der Waals surface area contributed by atoms with Crippen molar-refractivity contribution in [1.29, 1.82) is 0 Å². The first-order valence-electron chi connectivity index (χ1n) is 8.96. The second-order valence-electron chi connectivity index (χ2n) is 6.53. The minimum absolute atomic E-state index is 0.0391. The monoisotopic (exact) mass is 383 g/mol. The Hall–Kier alpha value is -2.51. The van der Waals surface area contributed by atoms with Crippen molar-refractivity contribution >= 4 is 40.6 Å². The molecule has 0 saturated carbocycles. The number of hydrogen-bond donors (Lipinski definition) is 2. The number of benzene rings is 2. The van der Waals surface area contributed by atoms with E-state index in [1.54, 1.807) is 12.1 Å². The molecule has 2 heterocycles. The molecule has 7 heteroatoms. The number of para-hydroxylation sites is 2. The van der Waals surface area contributed by atoms with Crippen molar-refractivity contribution in [3.05, 3.63) is 48.0 Å². The van der Waals surface area contributed by atoms with E-state index >= 15 is 0 Å². The van der Waals surface area contributed by atoms with E-state index in [-0.39, 0.29) is 17.1 Å². The summed E-state index contributed by atoms with van der Waals surface area (Å²) in [5, 5.41) is 5.75. The molecule has 4 rings (SSSR count). The molecule has 140 valence electrons. The molecule has 2 amide bonds. The third-order valence-corrected chi connectivity index (χ3v) is 5.85. The van der Waals surface area contributed by atoms with E-state index in [1.165, 1.54) is 11.8 Å². The number of carbonyl (C=O) groups excluding carboxylic acids is 2. The van der Waals surface area contributed by atoms with Gasteiger partial charge in [0.2, 0.25) is 5.91 Å². The van der Waals surface area contributed by atoms with Gasteiger partial charge in [0.15, 0.2) is 0 Å². The van der Waals surface area contributed by atoms with Crippen molar-refractivity contribution in [2.24, 2.45) is 0 Å². The lowest BCUT2D eigenvalue weighted by Gasteiger charge is -2.30. The van der Waals surface area contributed by atoms with Gasteiger partial charge in [-0.3, -0.25) is 9.59 Å². The summed E-state index contributed by atoms with van der Waals surface area (Å²) in [4.78, 5) is 27.9. The van der Waals surface area contributed by atoms with Crippen molar-refractivity contribution in [1.82, 2.24) is 0 Å². The standard InChI is InChI=1S/C20H21N3O3S/c1-13-19(24)22-16-12-14(6-7-18(16)27-13)20(25)21-15-4-2-3-5-17(15)23-8-10-26-11-9-23/h2-7,12-13H,8-11H2,1H3,(H,21,25)(H,22,24). The molecule has 2 aromatic carbocycles. The van der Waals surface area contributed by atoms with Gasteiger partial charge >= 0.3 is 0 Å². The average molecular weight is 383 g/mol.